The molecule has 2 aromatic rings. The van der Waals surface area contributed by atoms with Gasteiger partial charge in [0.25, 0.3) is 5.91 Å². The lowest BCUT2D eigenvalue weighted by atomic mass is 10.1. The van der Waals surface area contributed by atoms with Gasteiger partial charge in [-0.2, -0.15) is 5.10 Å². The van der Waals surface area contributed by atoms with Crippen molar-refractivity contribution in [2.45, 2.75) is 19.4 Å². The molecule has 1 aromatic heterocycles. The highest BCUT2D eigenvalue weighted by molar-refractivity contribution is 5.97. The lowest BCUT2D eigenvalue weighted by molar-refractivity contribution is 0.0914. The molecule has 1 unspecified atom stereocenters. The fraction of sp³-hybridized carbons (Fsp3) is 0.333. The Kier molecular flexibility index (Phi) is 3.39. The number of nitrogens with one attached hydrogen (secondary N) is 2. The molecule has 0 aliphatic heterocycles. The third-order valence-electron chi connectivity index (χ3n) is 2.67. The van der Waals surface area contributed by atoms with Gasteiger partial charge in [-0.1, -0.05) is 13.0 Å². The van der Waals surface area contributed by atoms with E-state index in [1.165, 1.54) is 0 Å². The van der Waals surface area contributed by atoms with Crippen LogP contribution >= 0.6 is 0 Å². The summed E-state index contributed by atoms with van der Waals surface area (Å²) >= 11 is 0. The number of carbonyl (C=O) groups excluding carboxylic acids is 1. The third kappa shape index (κ3) is 2.62. The van der Waals surface area contributed by atoms with Crippen LogP contribution in [-0.4, -0.2) is 33.9 Å². The van der Waals surface area contributed by atoms with E-state index in [-0.39, 0.29) is 12.5 Å². The first kappa shape index (κ1) is 11.6. The standard InChI is InChI=1S/C12H15N3O2/c1-2-10(16)7-13-12(17)8-3-4-9-6-14-15-11(9)5-8/h3-6,10,16H,2,7H2,1H3,(H,13,17)(H,14,15). The molecule has 0 fully saturated rings. The van der Waals surface area contributed by atoms with Crippen LogP contribution in [0.15, 0.2) is 24.4 Å². The molecule has 0 radical (unpaired) electrons. The Balaban J connectivity index is 2.08. The Morgan fingerprint density at radius 3 is 3.18 bits per heavy atom. The second kappa shape index (κ2) is 4.97. The van der Waals surface area contributed by atoms with Crippen LogP contribution in [0.5, 0.6) is 0 Å². The molecule has 0 spiro atoms. The number of aromatic nitrogens is 2. The van der Waals surface area contributed by atoms with Gasteiger partial charge in [0, 0.05) is 17.5 Å². The zero-order valence-corrected chi connectivity index (χ0v) is 9.60. The number of benzene rings is 1. The maximum atomic E-state index is 11.8. The SMILES string of the molecule is CCC(O)CNC(=O)c1ccc2cn[nH]c2c1. The van der Waals surface area contributed by atoms with Crippen molar-refractivity contribution in [3.05, 3.63) is 30.0 Å². The number of aliphatic hydroxyl groups excluding tert-OH is 1. The van der Waals surface area contributed by atoms with Gasteiger partial charge in [0.2, 0.25) is 0 Å². The highest BCUT2D eigenvalue weighted by Crippen LogP contribution is 2.12. The average molecular weight is 233 g/mol. The highest BCUT2D eigenvalue weighted by atomic mass is 16.3. The second-order valence-electron chi connectivity index (χ2n) is 3.94. The summed E-state index contributed by atoms with van der Waals surface area (Å²) < 4.78 is 0. The summed E-state index contributed by atoms with van der Waals surface area (Å²) in [6, 6.07) is 5.32. The van der Waals surface area contributed by atoms with Crippen molar-refractivity contribution in [2.75, 3.05) is 6.54 Å². The van der Waals surface area contributed by atoms with Crippen LogP contribution in [0.25, 0.3) is 10.9 Å². The first-order valence-corrected chi connectivity index (χ1v) is 5.60. The molecule has 0 saturated heterocycles. The van der Waals surface area contributed by atoms with Crippen molar-refractivity contribution in [3.63, 3.8) is 0 Å². The van der Waals surface area contributed by atoms with Crippen LogP contribution in [0, 0.1) is 0 Å². The Labute approximate surface area is 98.8 Å². The van der Waals surface area contributed by atoms with Crippen LogP contribution in [0.2, 0.25) is 0 Å². The van der Waals surface area contributed by atoms with Gasteiger partial charge in [-0.25, -0.2) is 0 Å². The Morgan fingerprint density at radius 1 is 1.59 bits per heavy atom. The predicted octanol–water partition coefficient (Wildman–Crippen LogP) is 1.06. The molecule has 1 amide bonds. The van der Waals surface area contributed by atoms with Gasteiger partial charge >= 0.3 is 0 Å². The largest absolute Gasteiger partial charge is 0.391 e. The summed E-state index contributed by atoms with van der Waals surface area (Å²) in [5.41, 5.74) is 1.39. The normalized spacial score (nSPS) is 12.6. The molecular formula is C12H15N3O2. The Morgan fingerprint density at radius 2 is 2.41 bits per heavy atom. The number of nitrogens with zero attached hydrogens (tertiary/aromatic N) is 1. The minimum atomic E-state index is -0.491. The van der Waals surface area contributed by atoms with Crippen LogP contribution in [0.3, 0.4) is 0 Å². The van der Waals surface area contributed by atoms with Crippen molar-refractivity contribution in [2.24, 2.45) is 0 Å². The molecule has 0 aliphatic rings. The Bertz CT molecular complexity index is 521. The molecule has 5 nitrogen and oxygen atoms in total. The van der Waals surface area contributed by atoms with Crippen molar-refractivity contribution < 1.29 is 9.90 Å². The Hall–Kier alpha value is -1.88. The first-order chi connectivity index (χ1) is 8.20. The zero-order valence-electron chi connectivity index (χ0n) is 9.60. The molecule has 90 valence electrons. The average Bonchev–Trinajstić information content (AvgIpc) is 2.82. The smallest absolute Gasteiger partial charge is 0.251 e. The number of H-pyrrole nitrogens is 1. The van der Waals surface area contributed by atoms with E-state index >= 15 is 0 Å². The molecule has 2 rings (SSSR count). The molecule has 0 aliphatic carbocycles. The molecule has 17 heavy (non-hydrogen) atoms. The van der Waals surface area contributed by atoms with Crippen LogP contribution in [-0.2, 0) is 0 Å². The van der Waals surface area contributed by atoms with E-state index in [4.69, 9.17) is 0 Å². The van der Waals surface area contributed by atoms with Gasteiger partial charge in [-0.3, -0.25) is 9.89 Å². The number of hydrogen-bond donors (Lipinski definition) is 3. The summed E-state index contributed by atoms with van der Waals surface area (Å²) in [5.74, 6) is -0.186. The minimum absolute atomic E-state index is 0.186. The number of amides is 1. The van der Waals surface area contributed by atoms with E-state index in [1.54, 1.807) is 18.3 Å². The minimum Gasteiger partial charge on any atom is -0.391 e. The molecular weight excluding hydrogens is 218 g/mol. The first-order valence-electron chi connectivity index (χ1n) is 5.60. The van der Waals surface area contributed by atoms with E-state index in [2.05, 4.69) is 15.5 Å². The van der Waals surface area contributed by atoms with Crippen LogP contribution in [0.4, 0.5) is 0 Å². The molecule has 1 aromatic carbocycles. The second-order valence-corrected chi connectivity index (χ2v) is 3.94. The van der Waals surface area contributed by atoms with Crippen molar-refractivity contribution in [1.29, 1.82) is 0 Å². The van der Waals surface area contributed by atoms with E-state index in [1.807, 2.05) is 13.0 Å². The summed E-state index contributed by atoms with van der Waals surface area (Å²) in [7, 11) is 0. The van der Waals surface area contributed by atoms with Crippen molar-refractivity contribution in [3.8, 4) is 0 Å². The summed E-state index contributed by atoms with van der Waals surface area (Å²) in [6.07, 6.45) is 1.84. The van der Waals surface area contributed by atoms with E-state index in [0.717, 1.165) is 10.9 Å². The lowest BCUT2D eigenvalue weighted by Crippen LogP contribution is -2.31. The number of aliphatic hydroxyl groups is 1. The summed E-state index contributed by atoms with van der Waals surface area (Å²) in [6.45, 7) is 2.14. The lowest BCUT2D eigenvalue weighted by Gasteiger charge is -2.09. The molecule has 0 bridgehead atoms. The number of fused-ring (bicyclic) bond motifs is 1. The van der Waals surface area contributed by atoms with Crippen LogP contribution in [0.1, 0.15) is 23.7 Å². The molecule has 1 heterocycles. The van der Waals surface area contributed by atoms with E-state index in [9.17, 15) is 9.90 Å². The topological polar surface area (TPSA) is 78.0 Å². The molecule has 1 atom stereocenters. The number of hydrogen-bond acceptors (Lipinski definition) is 3. The van der Waals surface area contributed by atoms with Crippen molar-refractivity contribution >= 4 is 16.8 Å². The monoisotopic (exact) mass is 233 g/mol. The maximum Gasteiger partial charge on any atom is 0.251 e. The van der Waals surface area contributed by atoms with Gasteiger partial charge in [0.1, 0.15) is 0 Å². The van der Waals surface area contributed by atoms with Gasteiger partial charge < -0.3 is 10.4 Å². The van der Waals surface area contributed by atoms with Gasteiger partial charge in [-0.05, 0) is 18.6 Å². The zero-order chi connectivity index (χ0) is 12.3. The molecule has 3 N–H and O–H groups in total. The van der Waals surface area contributed by atoms with Crippen molar-refractivity contribution in [1.82, 2.24) is 15.5 Å². The van der Waals surface area contributed by atoms with Gasteiger partial charge in [0.05, 0.1) is 17.8 Å². The van der Waals surface area contributed by atoms with Gasteiger partial charge in [-0.15, -0.1) is 0 Å². The van der Waals surface area contributed by atoms with E-state index < -0.39 is 6.10 Å². The quantitative estimate of drug-likeness (QED) is 0.739. The highest BCUT2D eigenvalue weighted by Gasteiger charge is 2.08. The number of aromatic amines is 1. The summed E-state index contributed by atoms with van der Waals surface area (Å²) in [5, 5.41) is 19.7. The van der Waals surface area contributed by atoms with Crippen LogP contribution < -0.4 is 5.32 Å². The third-order valence-corrected chi connectivity index (χ3v) is 2.67. The predicted molar refractivity (Wildman–Crippen MR) is 64.7 cm³/mol. The van der Waals surface area contributed by atoms with Gasteiger partial charge in [0.15, 0.2) is 0 Å². The number of carbonyl (C=O) groups is 1. The van der Waals surface area contributed by atoms with E-state index in [0.29, 0.717) is 12.0 Å². The molecule has 5 heteroatoms. The maximum absolute atomic E-state index is 11.8. The summed E-state index contributed by atoms with van der Waals surface area (Å²) in [4.78, 5) is 11.8. The fourth-order valence-electron chi connectivity index (χ4n) is 1.54. The fourth-order valence-corrected chi connectivity index (χ4v) is 1.54. The number of rotatable bonds is 4. The molecule has 0 saturated carbocycles.